The number of nitrogens with zero attached hydrogens (tertiary/aromatic N) is 4. The van der Waals surface area contributed by atoms with Crippen LogP contribution in [0.15, 0.2) is 6.20 Å². The molecule has 0 aromatic carbocycles. The van der Waals surface area contributed by atoms with Gasteiger partial charge in [-0.2, -0.15) is 0 Å². The van der Waals surface area contributed by atoms with Crippen LogP contribution in [0.1, 0.15) is 50.8 Å². The van der Waals surface area contributed by atoms with E-state index in [1.807, 2.05) is 10.9 Å². The highest BCUT2D eigenvalue weighted by molar-refractivity contribution is 5.01. The van der Waals surface area contributed by atoms with E-state index in [2.05, 4.69) is 22.1 Å². The maximum atomic E-state index is 10.6. The van der Waals surface area contributed by atoms with Crippen LogP contribution in [0.25, 0.3) is 0 Å². The molecular weight excluding hydrogens is 280 g/mol. The van der Waals surface area contributed by atoms with Crippen molar-refractivity contribution in [3.05, 3.63) is 11.9 Å². The van der Waals surface area contributed by atoms with E-state index < -0.39 is 5.60 Å². The van der Waals surface area contributed by atoms with Crippen LogP contribution < -0.4 is 0 Å². The predicted octanol–water partition coefficient (Wildman–Crippen LogP) is 1.41. The molecule has 2 heterocycles. The van der Waals surface area contributed by atoms with Gasteiger partial charge in [0.25, 0.3) is 0 Å². The monoisotopic (exact) mass is 308 g/mol. The molecule has 3 rings (SSSR count). The molecule has 1 unspecified atom stereocenters. The molecule has 1 aliphatic carbocycles. The fourth-order valence-corrected chi connectivity index (χ4v) is 3.57. The Kier molecular flexibility index (Phi) is 5.10. The van der Waals surface area contributed by atoms with Gasteiger partial charge in [0.15, 0.2) is 0 Å². The molecule has 0 amide bonds. The summed E-state index contributed by atoms with van der Waals surface area (Å²) in [6.07, 6.45) is 7.92. The number of aromatic nitrogens is 3. The summed E-state index contributed by atoms with van der Waals surface area (Å²) in [4.78, 5) is 2.41. The Labute approximate surface area is 132 Å². The van der Waals surface area contributed by atoms with E-state index in [-0.39, 0.29) is 0 Å². The minimum atomic E-state index is -0.563. The molecule has 0 bridgehead atoms. The summed E-state index contributed by atoms with van der Waals surface area (Å²) in [6.45, 7) is 6.77. The first-order valence-corrected chi connectivity index (χ1v) is 8.58. The molecule has 6 heteroatoms. The quantitative estimate of drug-likeness (QED) is 0.891. The Morgan fingerprint density at radius 3 is 2.73 bits per heavy atom. The summed E-state index contributed by atoms with van der Waals surface area (Å²) in [7, 11) is 0. The van der Waals surface area contributed by atoms with E-state index in [4.69, 9.17) is 4.74 Å². The highest BCUT2D eigenvalue weighted by Gasteiger charge is 2.30. The van der Waals surface area contributed by atoms with Crippen LogP contribution in [0.5, 0.6) is 0 Å². The van der Waals surface area contributed by atoms with Crippen LogP contribution in [0.4, 0.5) is 0 Å². The Hall–Kier alpha value is -0.980. The van der Waals surface area contributed by atoms with Crippen LogP contribution in [-0.2, 0) is 11.2 Å². The number of hydrogen-bond donors (Lipinski definition) is 1. The second kappa shape index (κ2) is 7.06. The van der Waals surface area contributed by atoms with Crippen molar-refractivity contribution in [3.8, 4) is 0 Å². The highest BCUT2D eigenvalue weighted by Crippen LogP contribution is 2.30. The van der Waals surface area contributed by atoms with Gasteiger partial charge >= 0.3 is 0 Å². The lowest BCUT2D eigenvalue weighted by Crippen LogP contribution is -2.39. The van der Waals surface area contributed by atoms with Crippen molar-refractivity contribution < 1.29 is 9.84 Å². The Bertz CT molecular complexity index is 464. The third-order valence-corrected chi connectivity index (χ3v) is 4.93. The van der Waals surface area contributed by atoms with Gasteiger partial charge in [0.05, 0.1) is 30.6 Å². The summed E-state index contributed by atoms with van der Waals surface area (Å²) < 4.78 is 7.32. The molecule has 1 saturated heterocycles. The minimum absolute atomic E-state index is 0.292. The molecule has 1 aliphatic heterocycles. The molecule has 0 spiro atoms. The largest absolute Gasteiger partial charge is 0.389 e. The number of rotatable bonds is 5. The average molecular weight is 308 g/mol. The second-order valence-corrected chi connectivity index (χ2v) is 6.91. The molecule has 1 aromatic rings. The Balaban J connectivity index is 1.55. The van der Waals surface area contributed by atoms with Gasteiger partial charge < -0.3 is 9.84 Å². The Morgan fingerprint density at radius 1 is 1.27 bits per heavy atom. The van der Waals surface area contributed by atoms with Crippen LogP contribution >= 0.6 is 0 Å². The third-order valence-electron chi connectivity index (χ3n) is 4.93. The fourth-order valence-electron chi connectivity index (χ4n) is 3.57. The maximum Gasteiger partial charge on any atom is 0.0855 e. The van der Waals surface area contributed by atoms with Crippen LogP contribution in [-0.4, -0.2) is 63.4 Å². The van der Waals surface area contributed by atoms with Crippen molar-refractivity contribution in [2.45, 2.75) is 57.1 Å². The number of hydrogen-bond acceptors (Lipinski definition) is 5. The van der Waals surface area contributed by atoms with Gasteiger partial charge in [0.2, 0.25) is 0 Å². The van der Waals surface area contributed by atoms with Crippen molar-refractivity contribution in [1.29, 1.82) is 0 Å². The molecule has 2 fully saturated rings. The standard InChI is InChI=1S/C16H28N4O2/c1-14(12-19-7-9-22-10-8-19)20-13-15(17-18-20)11-16(21)5-3-2-4-6-16/h13-14,21H,2-12H2,1H3. The van der Waals surface area contributed by atoms with Gasteiger partial charge in [-0.05, 0) is 19.8 Å². The lowest BCUT2D eigenvalue weighted by molar-refractivity contribution is 0.00363. The van der Waals surface area contributed by atoms with Crippen molar-refractivity contribution in [2.24, 2.45) is 0 Å². The number of morpholine rings is 1. The van der Waals surface area contributed by atoms with Crippen LogP contribution in [0.3, 0.4) is 0 Å². The van der Waals surface area contributed by atoms with Gasteiger partial charge in [-0.25, -0.2) is 4.68 Å². The first kappa shape index (κ1) is 15.9. The molecule has 1 N–H and O–H groups in total. The van der Waals surface area contributed by atoms with E-state index in [9.17, 15) is 5.11 Å². The molecule has 6 nitrogen and oxygen atoms in total. The summed E-state index contributed by atoms with van der Waals surface area (Å²) in [5.41, 5.74) is 0.352. The molecule has 1 aromatic heterocycles. The highest BCUT2D eigenvalue weighted by atomic mass is 16.5. The van der Waals surface area contributed by atoms with E-state index in [0.717, 1.165) is 64.2 Å². The molecule has 1 saturated carbocycles. The first-order chi connectivity index (χ1) is 10.6. The van der Waals surface area contributed by atoms with E-state index in [1.165, 1.54) is 6.42 Å². The van der Waals surface area contributed by atoms with Gasteiger partial charge in [-0.1, -0.05) is 24.5 Å². The molecule has 1 atom stereocenters. The molecular formula is C16H28N4O2. The average Bonchev–Trinajstić information content (AvgIpc) is 2.97. The predicted molar refractivity (Wildman–Crippen MR) is 83.7 cm³/mol. The molecule has 22 heavy (non-hydrogen) atoms. The summed E-state index contributed by atoms with van der Waals surface area (Å²) in [5, 5.41) is 19.2. The zero-order valence-electron chi connectivity index (χ0n) is 13.6. The van der Waals surface area contributed by atoms with Crippen molar-refractivity contribution in [2.75, 3.05) is 32.8 Å². The zero-order chi connectivity index (χ0) is 15.4. The third kappa shape index (κ3) is 4.06. The van der Waals surface area contributed by atoms with E-state index in [1.54, 1.807) is 0 Å². The summed E-state index contributed by atoms with van der Waals surface area (Å²) >= 11 is 0. The van der Waals surface area contributed by atoms with Crippen molar-refractivity contribution >= 4 is 0 Å². The smallest absolute Gasteiger partial charge is 0.0855 e. The molecule has 0 radical (unpaired) electrons. The topological polar surface area (TPSA) is 63.4 Å². The fraction of sp³-hybridized carbons (Fsp3) is 0.875. The molecule has 124 valence electrons. The van der Waals surface area contributed by atoms with Gasteiger partial charge in [-0.15, -0.1) is 5.10 Å². The maximum absolute atomic E-state index is 10.6. The minimum Gasteiger partial charge on any atom is -0.389 e. The first-order valence-electron chi connectivity index (χ1n) is 8.58. The van der Waals surface area contributed by atoms with Crippen molar-refractivity contribution in [3.63, 3.8) is 0 Å². The lowest BCUT2D eigenvalue weighted by Gasteiger charge is -2.31. The van der Waals surface area contributed by atoms with Crippen LogP contribution in [0, 0.1) is 0 Å². The zero-order valence-corrected chi connectivity index (χ0v) is 13.6. The summed E-state index contributed by atoms with van der Waals surface area (Å²) in [5.74, 6) is 0. The van der Waals surface area contributed by atoms with Crippen LogP contribution in [0.2, 0.25) is 0 Å². The van der Waals surface area contributed by atoms with E-state index in [0.29, 0.717) is 12.5 Å². The SMILES string of the molecule is CC(CN1CCOCC1)n1cc(CC2(O)CCCCC2)nn1. The Morgan fingerprint density at radius 2 is 2.00 bits per heavy atom. The van der Waals surface area contributed by atoms with Gasteiger partial charge in [0.1, 0.15) is 0 Å². The molecule has 2 aliphatic rings. The van der Waals surface area contributed by atoms with Gasteiger partial charge in [-0.3, -0.25) is 4.90 Å². The number of aliphatic hydroxyl groups is 1. The lowest BCUT2D eigenvalue weighted by atomic mass is 9.82. The number of ether oxygens (including phenoxy) is 1. The van der Waals surface area contributed by atoms with Crippen molar-refractivity contribution in [1.82, 2.24) is 19.9 Å². The van der Waals surface area contributed by atoms with E-state index >= 15 is 0 Å². The summed E-state index contributed by atoms with van der Waals surface area (Å²) in [6, 6.07) is 0.292. The van der Waals surface area contributed by atoms with Gasteiger partial charge in [0, 0.05) is 32.3 Å². The second-order valence-electron chi connectivity index (χ2n) is 6.91. The normalized spacial score (nSPS) is 24.3.